The quantitative estimate of drug-likeness (QED) is 0.215. The molecule has 1 aromatic heterocycles. The van der Waals surface area contributed by atoms with Crippen molar-refractivity contribution in [3.63, 3.8) is 0 Å². The lowest BCUT2D eigenvalue weighted by Crippen LogP contribution is -2.27. The molecule has 0 saturated carbocycles. The Morgan fingerprint density at radius 2 is 1.52 bits per heavy atom. The number of hydrogen-bond acceptors (Lipinski definition) is 1. The number of rotatable bonds is 3. The summed E-state index contributed by atoms with van der Waals surface area (Å²) in [6.07, 6.45) is 5.66. The van der Waals surface area contributed by atoms with Gasteiger partial charge >= 0.3 is 0 Å². The largest absolute Gasteiger partial charge is 0.293 e. The van der Waals surface area contributed by atoms with Gasteiger partial charge in [-0.25, -0.2) is 4.99 Å². The third kappa shape index (κ3) is 3.26. The molecule has 8 rings (SSSR count). The van der Waals surface area contributed by atoms with Crippen molar-refractivity contribution in [1.29, 1.82) is 0 Å². The topological polar surface area (TPSA) is 17.3 Å². The lowest BCUT2D eigenvalue weighted by molar-refractivity contribution is 0.851. The van der Waals surface area contributed by atoms with E-state index in [4.69, 9.17) is 4.99 Å². The van der Waals surface area contributed by atoms with E-state index < -0.39 is 0 Å². The van der Waals surface area contributed by atoms with E-state index in [1.165, 1.54) is 44.1 Å². The second-order valence-electron chi connectivity index (χ2n) is 10.8. The summed E-state index contributed by atoms with van der Waals surface area (Å²) in [6.45, 7) is 6.50. The number of aliphatic imine (C=N–C) groups is 1. The zero-order valence-corrected chi connectivity index (χ0v) is 22.4. The molecule has 6 aromatic rings. The van der Waals surface area contributed by atoms with Crippen LogP contribution in [0.3, 0.4) is 0 Å². The fraction of sp³-hybridized carbons (Fsp3) is 0.0789. The minimum Gasteiger partial charge on any atom is -0.293 e. The fourth-order valence-corrected chi connectivity index (χ4v) is 6.85. The van der Waals surface area contributed by atoms with E-state index >= 15 is 0 Å². The second kappa shape index (κ2) is 8.79. The van der Waals surface area contributed by atoms with Gasteiger partial charge in [-0.2, -0.15) is 0 Å². The van der Waals surface area contributed by atoms with Crippen LogP contribution >= 0.6 is 0 Å². The van der Waals surface area contributed by atoms with Crippen LogP contribution < -0.4 is 10.4 Å². The van der Waals surface area contributed by atoms with Crippen molar-refractivity contribution in [3.05, 3.63) is 148 Å². The minimum absolute atomic E-state index is 0.368. The van der Waals surface area contributed by atoms with Gasteiger partial charge in [0, 0.05) is 27.6 Å². The van der Waals surface area contributed by atoms with Gasteiger partial charge < -0.3 is 0 Å². The monoisotopic (exact) mass is 512 g/mol. The standard InChI is InChI=1S/C38H28N2/c1-24-12-6-7-17-28(24)38(39-25(2)26-13-4-3-5-14-26)40-33-21-9-8-18-31(33)37-34(40)23-22-30-29-19-10-15-27-16-11-20-32(35(27)29)36(30)37/h3-19,21-23,32H,1,20H2,2H3/b38-28+,39-25+. The average molecular weight is 513 g/mol. The molecule has 0 radical (unpaired) electrons. The third-order valence-electron chi connectivity index (χ3n) is 8.61. The number of hydrogen-bond donors (Lipinski definition) is 0. The number of allylic oxidation sites excluding steroid dienone is 1. The average Bonchev–Trinajstić information content (AvgIpc) is 3.51. The first kappa shape index (κ1) is 23.0. The van der Waals surface area contributed by atoms with Gasteiger partial charge in [0.15, 0.2) is 0 Å². The highest BCUT2D eigenvalue weighted by Crippen LogP contribution is 2.54. The van der Waals surface area contributed by atoms with E-state index in [9.17, 15) is 0 Å². The maximum atomic E-state index is 5.36. The zero-order chi connectivity index (χ0) is 26.8. The van der Waals surface area contributed by atoms with E-state index in [1.54, 1.807) is 0 Å². The maximum Gasteiger partial charge on any atom is 0.145 e. The van der Waals surface area contributed by atoms with Crippen LogP contribution in [0.25, 0.3) is 51.4 Å². The van der Waals surface area contributed by atoms with Crippen LogP contribution in [0.4, 0.5) is 0 Å². The predicted molar refractivity (Wildman–Crippen MR) is 169 cm³/mol. The molecular formula is C38H28N2. The first-order chi connectivity index (χ1) is 19.7. The van der Waals surface area contributed by atoms with Crippen molar-refractivity contribution in [2.45, 2.75) is 19.3 Å². The molecule has 2 heteroatoms. The van der Waals surface area contributed by atoms with Crippen LogP contribution in [0.1, 0.15) is 41.5 Å². The van der Waals surface area contributed by atoms with E-state index in [0.29, 0.717) is 5.92 Å². The highest BCUT2D eigenvalue weighted by atomic mass is 15.1. The van der Waals surface area contributed by atoms with E-state index in [1.807, 2.05) is 12.1 Å². The van der Waals surface area contributed by atoms with Gasteiger partial charge in [-0.1, -0.05) is 116 Å². The lowest BCUT2D eigenvalue weighted by atomic mass is 9.85. The summed E-state index contributed by atoms with van der Waals surface area (Å²) in [5.41, 5.74) is 11.5. The van der Waals surface area contributed by atoms with Crippen LogP contribution in [0.5, 0.6) is 0 Å². The summed E-state index contributed by atoms with van der Waals surface area (Å²) in [7, 11) is 0. The molecule has 40 heavy (non-hydrogen) atoms. The van der Waals surface area contributed by atoms with Crippen LogP contribution in [0, 0.1) is 0 Å². The first-order valence-electron chi connectivity index (χ1n) is 14.0. The van der Waals surface area contributed by atoms with Crippen LogP contribution in [-0.4, -0.2) is 10.3 Å². The Bertz CT molecular complexity index is 2160. The molecule has 2 nitrogen and oxygen atoms in total. The van der Waals surface area contributed by atoms with Gasteiger partial charge in [0.05, 0.1) is 11.0 Å². The zero-order valence-electron chi connectivity index (χ0n) is 22.4. The molecule has 0 amide bonds. The maximum absolute atomic E-state index is 5.36. The van der Waals surface area contributed by atoms with Crippen molar-refractivity contribution in [2.75, 3.05) is 0 Å². The Hall–Kier alpha value is -4.95. The third-order valence-corrected chi connectivity index (χ3v) is 8.61. The van der Waals surface area contributed by atoms with Crippen molar-refractivity contribution in [3.8, 4) is 11.1 Å². The Labute approximate surface area is 233 Å². The minimum atomic E-state index is 0.368. The molecule has 0 N–H and O–H groups in total. The van der Waals surface area contributed by atoms with Crippen molar-refractivity contribution in [1.82, 2.24) is 4.57 Å². The molecule has 0 bridgehead atoms. The number of nitrogens with zero attached hydrogens (tertiary/aromatic N) is 2. The molecule has 5 aromatic carbocycles. The van der Waals surface area contributed by atoms with E-state index in [2.05, 4.69) is 127 Å². The smallest absolute Gasteiger partial charge is 0.145 e. The Morgan fingerprint density at radius 3 is 2.40 bits per heavy atom. The van der Waals surface area contributed by atoms with E-state index in [-0.39, 0.29) is 0 Å². The molecule has 190 valence electrons. The highest BCUT2D eigenvalue weighted by molar-refractivity contribution is 6.15. The number of aromatic nitrogens is 1. The number of fused-ring (bicyclic) bond motifs is 7. The van der Waals surface area contributed by atoms with Crippen LogP contribution in [0.2, 0.25) is 0 Å². The summed E-state index contributed by atoms with van der Waals surface area (Å²) in [6, 6.07) is 38.9. The van der Waals surface area contributed by atoms with E-state index in [0.717, 1.165) is 39.5 Å². The molecule has 2 aliphatic rings. The summed E-state index contributed by atoms with van der Waals surface area (Å²) in [4.78, 5) is 5.36. The Morgan fingerprint density at radius 1 is 0.750 bits per heavy atom. The van der Waals surface area contributed by atoms with Gasteiger partial charge in [-0.15, -0.1) is 0 Å². The molecule has 1 unspecified atom stereocenters. The Kier molecular flexibility index (Phi) is 5.05. The van der Waals surface area contributed by atoms with Crippen LogP contribution in [-0.2, 0) is 0 Å². The van der Waals surface area contributed by atoms with Gasteiger partial charge in [0.25, 0.3) is 0 Å². The molecule has 1 atom stereocenters. The number of para-hydroxylation sites is 1. The summed E-state index contributed by atoms with van der Waals surface area (Å²) in [5, 5.41) is 4.60. The van der Waals surface area contributed by atoms with Gasteiger partial charge in [-0.05, 0) is 64.1 Å². The normalized spacial score (nSPS) is 16.3. The predicted octanol–water partition coefficient (Wildman–Crippen LogP) is 7.86. The molecular weight excluding hydrogens is 484 g/mol. The van der Waals surface area contributed by atoms with Crippen molar-refractivity contribution >= 4 is 46.0 Å². The second-order valence-corrected chi connectivity index (χ2v) is 10.8. The SMILES string of the molecule is C=c1cccc/c1=C(/N=C(\C)c1ccccc1)n1c2ccccc2c2c3c(ccc21)-c1cccc2c1C3CC=C2. The summed E-state index contributed by atoms with van der Waals surface area (Å²) in [5.74, 6) is 1.27. The molecule has 0 fully saturated rings. The van der Waals surface area contributed by atoms with Crippen LogP contribution in [0.15, 0.2) is 120 Å². The molecule has 0 aliphatic heterocycles. The highest BCUT2D eigenvalue weighted by Gasteiger charge is 2.34. The molecule has 1 heterocycles. The lowest BCUT2D eigenvalue weighted by Gasteiger charge is -2.18. The van der Waals surface area contributed by atoms with Gasteiger partial charge in [0.2, 0.25) is 0 Å². The molecule has 2 aliphatic carbocycles. The molecule has 0 spiro atoms. The summed E-state index contributed by atoms with van der Waals surface area (Å²) >= 11 is 0. The Balaban J connectivity index is 1.51. The van der Waals surface area contributed by atoms with Gasteiger partial charge in [0.1, 0.15) is 5.82 Å². The number of benzene rings is 5. The fourth-order valence-electron chi connectivity index (χ4n) is 6.85. The van der Waals surface area contributed by atoms with Gasteiger partial charge in [-0.3, -0.25) is 4.57 Å². The van der Waals surface area contributed by atoms with Crippen molar-refractivity contribution < 1.29 is 0 Å². The first-order valence-corrected chi connectivity index (χ1v) is 14.0. The molecule has 0 saturated heterocycles. The van der Waals surface area contributed by atoms with Crippen molar-refractivity contribution in [2.24, 2.45) is 4.99 Å². The summed E-state index contributed by atoms with van der Waals surface area (Å²) < 4.78 is 2.37.